The highest BCUT2D eigenvalue weighted by molar-refractivity contribution is 6.29. The van der Waals surface area contributed by atoms with E-state index in [2.05, 4.69) is 25.3 Å². The minimum absolute atomic E-state index is 0.0423. The van der Waals surface area contributed by atoms with Gasteiger partial charge in [-0.25, -0.2) is 15.0 Å². The molecule has 6 heteroatoms. The fourth-order valence-electron chi connectivity index (χ4n) is 1.50. The monoisotopic (exact) mass is 251 g/mol. The molecule has 2 aromatic rings. The first-order valence-electron chi connectivity index (χ1n) is 5.48. The Kier molecular flexibility index (Phi) is 3.58. The fraction of sp³-hybridized carbons (Fsp3) is 0.364. The molecule has 17 heavy (non-hydrogen) atoms. The number of aromatic nitrogens is 4. The summed E-state index contributed by atoms with van der Waals surface area (Å²) in [4.78, 5) is 15.7. The molecular weight excluding hydrogens is 238 g/mol. The van der Waals surface area contributed by atoms with Crippen molar-refractivity contribution in [1.82, 2.24) is 19.9 Å². The lowest BCUT2D eigenvalue weighted by molar-refractivity contribution is 0.797. The third-order valence-corrected chi connectivity index (χ3v) is 2.54. The lowest BCUT2D eigenvalue weighted by Crippen LogP contribution is -2.10. The molecular formula is C11H14ClN5. The summed E-state index contributed by atoms with van der Waals surface area (Å²) in [5.41, 5.74) is 0. The third-order valence-electron chi connectivity index (χ3n) is 2.35. The molecule has 0 saturated heterocycles. The smallest absolute Gasteiger partial charge is 0.134 e. The van der Waals surface area contributed by atoms with E-state index in [-0.39, 0.29) is 6.04 Å². The van der Waals surface area contributed by atoms with E-state index < -0.39 is 0 Å². The zero-order valence-electron chi connectivity index (χ0n) is 9.74. The number of nitrogens with one attached hydrogen (secondary N) is 2. The van der Waals surface area contributed by atoms with Crippen molar-refractivity contribution in [3.8, 4) is 0 Å². The fourth-order valence-corrected chi connectivity index (χ4v) is 1.70. The van der Waals surface area contributed by atoms with Gasteiger partial charge in [0.05, 0.1) is 6.04 Å². The molecule has 0 saturated carbocycles. The largest absolute Gasteiger partial charge is 0.360 e. The Balaban J connectivity index is 2.15. The maximum absolute atomic E-state index is 5.92. The van der Waals surface area contributed by atoms with Crippen LogP contribution >= 0.6 is 11.6 Å². The van der Waals surface area contributed by atoms with Crippen LogP contribution in [0.5, 0.6) is 0 Å². The van der Waals surface area contributed by atoms with Crippen LogP contribution in [0.25, 0.3) is 0 Å². The number of aryl methyl sites for hydroxylation is 1. The zero-order chi connectivity index (χ0) is 12.3. The van der Waals surface area contributed by atoms with Gasteiger partial charge in [-0.1, -0.05) is 18.5 Å². The van der Waals surface area contributed by atoms with Gasteiger partial charge in [-0.05, 0) is 6.92 Å². The average molecular weight is 252 g/mol. The summed E-state index contributed by atoms with van der Waals surface area (Å²) in [5, 5.41) is 3.68. The molecule has 5 nitrogen and oxygen atoms in total. The summed E-state index contributed by atoms with van der Waals surface area (Å²) in [7, 11) is 0. The van der Waals surface area contributed by atoms with Crippen molar-refractivity contribution in [2.24, 2.45) is 0 Å². The lowest BCUT2D eigenvalue weighted by atomic mass is 10.3. The molecule has 0 radical (unpaired) electrons. The molecule has 2 N–H and O–H groups in total. The number of aromatic amines is 1. The van der Waals surface area contributed by atoms with Crippen molar-refractivity contribution in [1.29, 1.82) is 0 Å². The summed E-state index contributed by atoms with van der Waals surface area (Å²) in [6.07, 6.45) is 4.26. The Morgan fingerprint density at radius 3 is 2.94 bits per heavy atom. The van der Waals surface area contributed by atoms with Gasteiger partial charge in [0.15, 0.2) is 0 Å². The standard InChI is InChI=1S/C11H14ClN5/c1-3-9-16-8(12)6-10(17-9)15-7(2)11-13-4-5-14-11/h4-7H,3H2,1-2H3,(H,13,14)(H,15,16,17). The molecule has 0 amide bonds. The van der Waals surface area contributed by atoms with Crippen LogP contribution in [-0.2, 0) is 6.42 Å². The molecule has 0 aliphatic rings. The Labute approximate surface area is 105 Å². The quantitative estimate of drug-likeness (QED) is 0.820. The van der Waals surface area contributed by atoms with E-state index in [4.69, 9.17) is 11.6 Å². The van der Waals surface area contributed by atoms with Gasteiger partial charge in [0.1, 0.15) is 22.6 Å². The molecule has 1 atom stereocenters. The van der Waals surface area contributed by atoms with Gasteiger partial charge in [0.25, 0.3) is 0 Å². The molecule has 2 heterocycles. The number of hydrogen-bond acceptors (Lipinski definition) is 4. The van der Waals surface area contributed by atoms with Crippen LogP contribution in [0, 0.1) is 0 Å². The molecule has 0 spiro atoms. The van der Waals surface area contributed by atoms with Crippen LogP contribution in [0.2, 0.25) is 5.15 Å². The summed E-state index contributed by atoms with van der Waals surface area (Å²) in [6, 6.07) is 1.75. The number of nitrogens with zero attached hydrogens (tertiary/aromatic N) is 3. The second-order valence-electron chi connectivity index (χ2n) is 3.69. The van der Waals surface area contributed by atoms with Gasteiger partial charge in [-0.3, -0.25) is 0 Å². The highest BCUT2D eigenvalue weighted by Gasteiger charge is 2.09. The van der Waals surface area contributed by atoms with Crippen LogP contribution in [0.15, 0.2) is 18.5 Å². The predicted octanol–water partition coefficient (Wildman–Crippen LogP) is 2.59. The van der Waals surface area contributed by atoms with E-state index in [1.165, 1.54) is 0 Å². The van der Waals surface area contributed by atoms with E-state index in [1.54, 1.807) is 18.5 Å². The van der Waals surface area contributed by atoms with Crippen molar-refractivity contribution in [2.45, 2.75) is 26.3 Å². The molecule has 0 aliphatic carbocycles. The first-order valence-corrected chi connectivity index (χ1v) is 5.86. The normalized spacial score (nSPS) is 12.4. The van der Waals surface area contributed by atoms with Crippen LogP contribution in [0.1, 0.15) is 31.5 Å². The number of hydrogen-bond donors (Lipinski definition) is 2. The van der Waals surface area contributed by atoms with Crippen molar-refractivity contribution < 1.29 is 0 Å². The number of halogens is 1. The average Bonchev–Trinajstić information content (AvgIpc) is 2.81. The van der Waals surface area contributed by atoms with Gasteiger partial charge >= 0.3 is 0 Å². The van der Waals surface area contributed by atoms with Crippen LogP contribution < -0.4 is 5.32 Å². The SMILES string of the molecule is CCc1nc(Cl)cc(NC(C)c2ncc[nH]2)n1. The number of imidazole rings is 1. The molecule has 0 bridgehead atoms. The maximum atomic E-state index is 5.92. The molecule has 2 aromatic heterocycles. The third kappa shape index (κ3) is 2.94. The van der Waals surface area contributed by atoms with Crippen molar-refractivity contribution in [3.05, 3.63) is 35.3 Å². The minimum atomic E-state index is 0.0423. The van der Waals surface area contributed by atoms with Crippen LogP contribution in [0.3, 0.4) is 0 Å². The topological polar surface area (TPSA) is 66.5 Å². The van der Waals surface area contributed by atoms with E-state index in [0.717, 1.165) is 18.1 Å². The first-order chi connectivity index (χ1) is 8.19. The van der Waals surface area contributed by atoms with Gasteiger partial charge in [-0.2, -0.15) is 0 Å². The number of H-pyrrole nitrogens is 1. The summed E-state index contributed by atoms with van der Waals surface area (Å²) >= 11 is 5.92. The van der Waals surface area contributed by atoms with Gasteiger partial charge in [0, 0.05) is 24.9 Å². The minimum Gasteiger partial charge on any atom is -0.360 e. The Morgan fingerprint density at radius 1 is 1.47 bits per heavy atom. The Bertz CT molecular complexity index is 483. The molecule has 90 valence electrons. The molecule has 0 fully saturated rings. The zero-order valence-corrected chi connectivity index (χ0v) is 10.5. The van der Waals surface area contributed by atoms with E-state index in [1.807, 2.05) is 13.8 Å². The van der Waals surface area contributed by atoms with Gasteiger partial charge in [-0.15, -0.1) is 0 Å². The lowest BCUT2D eigenvalue weighted by Gasteiger charge is -2.12. The van der Waals surface area contributed by atoms with Crippen LogP contribution in [0.4, 0.5) is 5.82 Å². The molecule has 2 rings (SSSR count). The summed E-state index contributed by atoms with van der Waals surface area (Å²) in [6.45, 7) is 3.99. The molecule has 0 aromatic carbocycles. The summed E-state index contributed by atoms with van der Waals surface area (Å²) in [5.74, 6) is 2.30. The van der Waals surface area contributed by atoms with E-state index in [0.29, 0.717) is 11.0 Å². The highest BCUT2D eigenvalue weighted by Crippen LogP contribution is 2.17. The van der Waals surface area contributed by atoms with Crippen molar-refractivity contribution in [3.63, 3.8) is 0 Å². The number of anilines is 1. The summed E-state index contributed by atoms with van der Waals surface area (Å²) < 4.78 is 0. The van der Waals surface area contributed by atoms with E-state index >= 15 is 0 Å². The highest BCUT2D eigenvalue weighted by atomic mass is 35.5. The van der Waals surface area contributed by atoms with Crippen molar-refractivity contribution in [2.75, 3.05) is 5.32 Å². The Hall–Kier alpha value is -1.62. The van der Waals surface area contributed by atoms with Crippen LogP contribution in [-0.4, -0.2) is 19.9 Å². The second kappa shape index (κ2) is 5.14. The molecule has 0 aliphatic heterocycles. The Morgan fingerprint density at radius 2 is 2.29 bits per heavy atom. The second-order valence-corrected chi connectivity index (χ2v) is 4.07. The molecule has 1 unspecified atom stereocenters. The number of rotatable bonds is 4. The van der Waals surface area contributed by atoms with Gasteiger partial charge in [0.2, 0.25) is 0 Å². The first kappa shape index (κ1) is 11.9. The van der Waals surface area contributed by atoms with Crippen molar-refractivity contribution >= 4 is 17.4 Å². The van der Waals surface area contributed by atoms with Gasteiger partial charge < -0.3 is 10.3 Å². The van der Waals surface area contributed by atoms with E-state index in [9.17, 15) is 0 Å². The maximum Gasteiger partial charge on any atom is 0.134 e. The predicted molar refractivity (Wildman–Crippen MR) is 67.0 cm³/mol.